The lowest BCUT2D eigenvalue weighted by Crippen LogP contribution is -2.64. The second kappa shape index (κ2) is 6.18. The van der Waals surface area contributed by atoms with Crippen molar-refractivity contribution in [1.82, 2.24) is 4.90 Å². The highest BCUT2D eigenvalue weighted by Crippen LogP contribution is 2.63. The van der Waals surface area contributed by atoms with Gasteiger partial charge in [-0.05, 0) is 54.0 Å². The number of likely N-dealkylation sites (tertiary alicyclic amines) is 1. The lowest BCUT2D eigenvalue weighted by molar-refractivity contribution is -0.0453. The van der Waals surface area contributed by atoms with Gasteiger partial charge in [-0.15, -0.1) is 0 Å². The Bertz CT molecular complexity index is 924. The monoisotopic (exact) mass is 459 g/mol. The molecule has 148 valence electrons. The highest BCUT2D eigenvalue weighted by molar-refractivity contribution is 9.10. The number of phenolic OH excluding ortho intramolecular Hbond substituents is 1. The van der Waals surface area contributed by atoms with Crippen LogP contribution < -0.4 is 4.74 Å². The minimum absolute atomic E-state index is 0.172. The fraction of sp³-hybridized carbons (Fsp3) is 0.556. The molecule has 3 N–H and O–H groups in total. The second-order valence-corrected chi connectivity index (χ2v) is 10.1. The van der Waals surface area contributed by atoms with E-state index in [9.17, 15) is 18.6 Å². The number of nitrogens with zero attached hydrogens (tertiary/aromatic N) is 1. The van der Waals surface area contributed by atoms with Gasteiger partial charge in [0.2, 0.25) is 0 Å². The average Bonchev–Trinajstić information content (AvgIpc) is 2.90. The molecule has 7 nitrogen and oxygen atoms in total. The van der Waals surface area contributed by atoms with E-state index in [1.165, 1.54) is 5.56 Å². The summed E-state index contributed by atoms with van der Waals surface area (Å²) in [6, 6.07) is 2.47. The van der Waals surface area contributed by atoms with Gasteiger partial charge in [0.15, 0.2) is 11.5 Å². The quantitative estimate of drug-likeness (QED) is 0.398. The highest BCUT2D eigenvalue weighted by Gasteiger charge is 2.64. The Kier molecular flexibility index (Phi) is 4.40. The average molecular weight is 460 g/mol. The molecule has 1 saturated heterocycles. The first-order chi connectivity index (χ1) is 12.5. The van der Waals surface area contributed by atoms with Gasteiger partial charge in [-0.1, -0.05) is 12.2 Å². The molecule has 5 atom stereocenters. The summed E-state index contributed by atoms with van der Waals surface area (Å²) < 4.78 is 32.7. The van der Waals surface area contributed by atoms with Gasteiger partial charge >= 0.3 is 0 Å². The van der Waals surface area contributed by atoms with Crippen LogP contribution in [0, 0.1) is 5.92 Å². The van der Waals surface area contributed by atoms with Crippen molar-refractivity contribution >= 4 is 26.0 Å². The summed E-state index contributed by atoms with van der Waals surface area (Å²) in [6.45, 7) is 0.997. The smallest absolute Gasteiger partial charge is 0.261 e. The van der Waals surface area contributed by atoms with Crippen LogP contribution >= 0.6 is 15.9 Å². The maximum Gasteiger partial charge on any atom is 0.261 e. The van der Waals surface area contributed by atoms with E-state index in [1.54, 1.807) is 0 Å². The molecule has 0 unspecified atom stereocenters. The van der Waals surface area contributed by atoms with Gasteiger partial charge in [0.1, 0.15) is 12.2 Å². The largest absolute Gasteiger partial charge is 0.503 e. The number of aliphatic hydroxyl groups excluding tert-OH is 1. The Balaban J connectivity index is 0.000000323. The van der Waals surface area contributed by atoms with Gasteiger partial charge in [0.25, 0.3) is 10.1 Å². The first kappa shape index (κ1) is 19.2. The summed E-state index contributed by atoms with van der Waals surface area (Å²) in [6.07, 6.45) is 5.79. The summed E-state index contributed by atoms with van der Waals surface area (Å²) in [4.78, 5) is 2.43. The standard InChI is InChI=1S/C17H18BrNO3.CH4O3S/c1-19-5-4-17-9-2-3-12(20)16(17)22-15-13(17)8(7-11(9)19)6-10(18)14(15)21;1-5(2,3)4/h2-3,6,9,11-12,16,20-21H,4-5,7H2,1H3;1H3,(H,2,3,4)/t9-,11+,12-,16-,17-;/m0./s1. The third kappa shape index (κ3) is 2.82. The zero-order valence-corrected chi connectivity index (χ0v) is 17.4. The Labute approximate surface area is 166 Å². The van der Waals surface area contributed by atoms with E-state index in [4.69, 9.17) is 9.29 Å². The molecule has 1 fully saturated rings. The van der Waals surface area contributed by atoms with Crippen molar-refractivity contribution < 1.29 is 27.9 Å². The zero-order chi connectivity index (χ0) is 19.7. The van der Waals surface area contributed by atoms with Crippen molar-refractivity contribution in [3.63, 3.8) is 0 Å². The number of benzene rings is 1. The fourth-order valence-corrected chi connectivity index (χ4v) is 5.73. The topological polar surface area (TPSA) is 107 Å². The van der Waals surface area contributed by atoms with Crippen molar-refractivity contribution in [3.8, 4) is 11.5 Å². The molecule has 5 rings (SSSR count). The number of hydrogen-bond acceptors (Lipinski definition) is 6. The summed E-state index contributed by atoms with van der Waals surface area (Å²) in [5.41, 5.74) is 2.21. The zero-order valence-electron chi connectivity index (χ0n) is 15.0. The molecule has 2 aliphatic carbocycles. The molecular weight excluding hydrogens is 438 g/mol. The van der Waals surface area contributed by atoms with Crippen molar-refractivity contribution in [2.24, 2.45) is 5.92 Å². The molecular formula is C18H22BrNO6S. The minimum Gasteiger partial charge on any atom is -0.503 e. The maximum atomic E-state index is 10.5. The van der Waals surface area contributed by atoms with Gasteiger partial charge in [0, 0.05) is 22.9 Å². The number of hydrogen-bond donors (Lipinski definition) is 3. The van der Waals surface area contributed by atoms with Crippen LogP contribution in [0.4, 0.5) is 0 Å². The van der Waals surface area contributed by atoms with Crippen molar-refractivity contribution in [2.75, 3.05) is 19.8 Å². The van der Waals surface area contributed by atoms with Crippen LogP contribution in [0.2, 0.25) is 0 Å². The molecule has 0 aromatic heterocycles. The molecule has 4 aliphatic rings. The number of piperidine rings is 1. The van der Waals surface area contributed by atoms with Crippen molar-refractivity contribution in [2.45, 2.75) is 36.5 Å². The van der Waals surface area contributed by atoms with Crippen LogP contribution in [-0.2, 0) is 22.0 Å². The number of likely N-dealkylation sites (N-methyl/N-ethyl adjacent to an activating group) is 1. The normalized spacial score (nSPS) is 35.7. The SMILES string of the molecule is CN1CC[C@]23c4c5cc(Br)c(O)c4O[C@H]2[C@@H](O)C=C[C@H]3[C@H]1C5.CS(=O)(=O)O. The van der Waals surface area contributed by atoms with E-state index >= 15 is 0 Å². The van der Waals surface area contributed by atoms with Crippen LogP contribution in [0.5, 0.6) is 11.5 Å². The molecule has 2 heterocycles. The maximum absolute atomic E-state index is 10.5. The van der Waals surface area contributed by atoms with Gasteiger partial charge < -0.3 is 19.8 Å². The Morgan fingerprint density at radius 3 is 2.70 bits per heavy atom. The number of phenols is 1. The van der Waals surface area contributed by atoms with Crippen LogP contribution in [0.3, 0.4) is 0 Å². The van der Waals surface area contributed by atoms with Gasteiger partial charge in [-0.3, -0.25) is 4.55 Å². The van der Waals surface area contributed by atoms with Crippen molar-refractivity contribution in [3.05, 3.63) is 33.8 Å². The number of aromatic hydroxyl groups is 1. The highest BCUT2D eigenvalue weighted by atomic mass is 79.9. The van der Waals surface area contributed by atoms with E-state index in [2.05, 4.69) is 34.0 Å². The Morgan fingerprint density at radius 1 is 1.37 bits per heavy atom. The number of ether oxygens (including phenoxy) is 1. The number of aliphatic hydroxyl groups is 1. The molecule has 1 spiro atoms. The summed E-state index contributed by atoms with van der Waals surface area (Å²) in [5.74, 6) is 1.10. The van der Waals surface area contributed by atoms with E-state index < -0.39 is 16.2 Å². The molecule has 2 aliphatic heterocycles. The molecule has 27 heavy (non-hydrogen) atoms. The fourth-order valence-electron chi connectivity index (χ4n) is 5.28. The van der Waals surface area contributed by atoms with E-state index in [0.717, 1.165) is 24.9 Å². The lowest BCUT2D eigenvalue weighted by atomic mass is 9.53. The molecule has 1 aromatic rings. The summed E-state index contributed by atoms with van der Waals surface area (Å²) >= 11 is 3.44. The first-order valence-corrected chi connectivity index (χ1v) is 11.4. The molecule has 1 aromatic carbocycles. The Hall–Kier alpha value is -1.13. The molecule has 2 bridgehead atoms. The molecule has 0 amide bonds. The third-order valence-electron chi connectivity index (χ3n) is 6.22. The predicted octanol–water partition coefficient (Wildman–Crippen LogP) is 1.46. The molecule has 9 heteroatoms. The lowest BCUT2D eigenvalue weighted by Gasteiger charge is -2.56. The van der Waals surface area contributed by atoms with Crippen LogP contribution in [0.1, 0.15) is 17.5 Å². The number of halogens is 1. The molecule has 0 saturated carbocycles. The Morgan fingerprint density at radius 2 is 2.04 bits per heavy atom. The third-order valence-corrected chi connectivity index (χ3v) is 6.82. The molecule has 0 radical (unpaired) electrons. The van der Waals surface area contributed by atoms with Crippen LogP contribution in [-0.4, -0.2) is 66.2 Å². The van der Waals surface area contributed by atoms with Gasteiger partial charge in [-0.25, -0.2) is 0 Å². The van der Waals surface area contributed by atoms with Gasteiger partial charge in [-0.2, -0.15) is 8.42 Å². The summed E-state index contributed by atoms with van der Waals surface area (Å²) in [5, 5.41) is 20.9. The van der Waals surface area contributed by atoms with Gasteiger partial charge in [0.05, 0.1) is 10.7 Å². The van der Waals surface area contributed by atoms with Crippen molar-refractivity contribution in [1.29, 1.82) is 0 Å². The minimum atomic E-state index is -3.67. The van der Waals surface area contributed by atoms with E-state index in [1.807, 2.05) is 12.1 Å². The first-order valence-electron chi connectivity index (χ1n) is 8.74. The summed E-state index contributed by atoms with van der Waals surface area (Å²) in [7, 11) is -1.48. The number of rotatable bonds is 0. The van der Waals surface area contributed by atoms with Crippen LogP contribution in [0.25, 0.3) is 0 Å². The second-order valence-electron chi connectivity index (χ2n) is 7.79. The van der Waals surface area contributed by atoms with Crippen LogP contribution in [0.15, 0.2) is 22.7 Å². The van der Waals surface area contributed by atoms with E-state index in [0.29, 0.717) is 28.4 Å². The van der Waals surface area contributed by atoms with E-state index in [-0.39, 0.29) is 17.3 Å². The predicted molar refractivity (Wildman–Crippen MR) is 103 cm³/mol.